The monoisotopic (exact) mass is 225 g/mol. The van der Waals surface area contributed by atoms with Crippen molar-refractivity contribution in [3.8, 4) is 0 Å². The summed E-state index contributed by atoms with van der Waals surface area (Å²) in [6.45, 7) is 11.1. The van der Waals surface area contributed by atoms with Crippen LogP contribution in [-0.4, -0.2) is 9.36 Å². The molecule has 0 fully saturated rings. The van der Waals surface area contributed by atoms with Crippen LogP contribution >= 0.6 is 0 Å². The maximum atomic E-state index is 12.1. The van der Waals surface area contributed by atoms with Crippen LogP contribution in [0.2, 0.25) is 0 Å². The van der Waals surface area contributed by atoms with Crippen molar-refractivity contribution in [3.63, 3.8) is 0 Å². The van der Waals surface area contributed by atoms with E-state index in [4.69, 9.17) is 5.73 Å². The zero-order chi connectivity index (χ0) is 12.5. The van der Waals surface area contributed by atoms with Gasteiger partial charge >= 0.3 is 0 Å². The lowest BCUT2D eigenvalue weighted by atomic mass is 10.1. The van der Waals surface area contributed by atoms with Crippen molar-refractivity contribution in [2.75, 3.05) is 5.73 Å². The molecule has 1 rings (SSSR count). The van der Waals surface area contributed by atoms with E-state index in [1.165, 1.54) is 0 Å². The SMILES string of the molecule is CCC(C)n1c(=O)c(N)c(C(C)C)n1CC. The number of hydrogen-bond acceptors (Lipinski definition) is 2. The molecule has 0 aliphatic carbocycles. The first-order valence-electron chi connectivity index (χ1n) is 6.06. The largest absolute Gasteiger partial charge is 0.393 e. The van der Waals surface area contributed by atoms with Crippen molar-refractivity contribution in [3.05, 3.63) is 16.0 Å². The molecule has 0 bridgehead atoms. The second-order valence-electron chi connectivity index (χ2n) is 4.58. The molecule has 0 saturated heterocycles. The zero-order valence-electron chi connectivity index (χ0n) is 10.9. The Labute approximate surface area is 97.0 Å². The molecule has 0 amide bonds. The molecule has 16 heavy (non-hydrogen) atoms. The first-order valence-corrected chi connectivity index (χ1v) is 6.06. The Bertz CT molecular complexity index is 415. The fourth-order valence-corrected chi connectivity index (χ4v) is 2.14. The lowest BCUT2D eigenvalue weighted by molar-refractivity contribution is 0.369. The number of nitrogens with zero attached hydrogens (tertiary/aromatic N) is 2. The fraction of sp³-hybridized carbons (Fsp3) is 0.750. The summed E-state index contributed by atoms with van der Waals surface area (Å²) >= 11 is 0. The summed E-state index contributed by atoms with van der Waals surface area (Å²) in [6.07, 6.45) is 0.931. The summed E-state index contributed by atoms with van der Waals surface area (Å²) in [7, 11) is 0. The second-order valence-corrected chi connectivity index (χ2v) is 4.58. The van der Waals surface area contributed by atoms with Gasteiger partial charge in [0.25, 0.3) is 5.56 Å². The van der Waals surface area contributed by atoms with E-state index in [9.17, 15) is 4.79 Å². The van der Waals surface area contributed by atoms with Crippen LogP contribution in [0.4, 0.5) is 5.69 Å². The highest BCUT2D eigenvalue weighted by atomic mass is 16.1. The molecule has 0 radical (unpaired) electrons. The lowest BCUT2D eigenvalue weighted by Crippen LogP contribution is -2.26. The standard InChI is InChI=1S/C12H23N3O/c1-6-9(5)15-12(16)10(13)11(8(3)4)14(15)7-2/h8-9H,6-7,13H2,1-5H3. The van der Waals surface area contributed by atoms with E-state index < -0.39 is 0 Å². The van der Waals surface area contributed by atoms with E-state index in [-0.39, 0.29) is 17.5 Å². The summed E-state index contributed by atoms with van der Waals surface area (Å²) in [5, 5.41) is 0. The molecule has 92 valence electrons. The Morgan fingerprint density at radius 3 is 2.19 bits per heavy atom. The van der Waals surface area contributed by atoms with E-state index >= 15 is 0 Å². The molecule has 0 aliphatic heterocycles. The number of hydrogen-bond donors (Lipinski definition) is 1. The number of rotatable bonds is 4. The molecule has 1 heterocycles. The number of nitrogen functional groups attached to an aromatic ring is 1. The molecule has 1 aromatic rings. The van der Waals surface area contributed by atoms with E-state index in [1.807, 2.05) is 11.6 Å². The highest BCUT2D eigenvalue weighted by Crippen LogP contribution is 2.22. The van der Waals surface area contributed by atoms with Gasteiger partial charge in [0.15, 0.2) is 0 Å². The van der Waals surface area contributed by atoms with E-state index in [0.29, 0.717) is 5.69 Å². The fourth-order valence-electron chi connectivity index (χ4n) is 2.14. The van der Waals surface area contributed by atoms with Crippen molar-refractivity contribution < 1.29 is 0 Å². The lowest BCUT2D eigenvalue weighted by Gasteiger charge is -2.18. The van der Waals surface area contributed by atoms with Gasteiger partial charge in [-0.05, 0) is 26.2 Å². The van der Waals surface area contributed by atoms with Gasteiger partial charge in [0.2, 0.25) is 0 Å². The highest BCUT2D eigenvalue weighted by Gasteiger charge is 2.21. The van der Waals surface area contributed by atoms with Gasteiger partial charge in [-0.25, -0.2) is 4.68 Å². The maximum absolute atomic E-state index is 12.1. The minimum absolute atomic E-state index is 0.0418. The van der Waals surface area contributed by atoms with Gasteiger partial charge in [-0.3, -0.25) is 9.48 Å². The van der Waals surface area contributed by atoms with Crippen molar-refractivity contribution in [1.29, 1.82) is 0 Å². The zero-order valence-corrected chi connectivity index (χ0v) is 10.9. The summed E-state index contributed by atoms with van der Waals surface area (Å²) in [4.78, 5) is 12.1. The van der Waals surface area contributed by atoms with Crippen molar-refractivity contribution >= 4 is 5.69 Å². The van der Waals surface area contributed by atoms with Crippen molar-refractivity contribution in [2.24, 2.45) is 0 Å². The number of anilines is 1. The van der Waals surface area contributed by atoms with Crippen LogP contribution in [0.3, 0.4) is 0 Å². The topological polar surface area (TPSA) is 52.9 Å². The van der Waals surface area contributed by atoms with Crippen LogP contribution in [0.25, 0.3) is 0 Å². The van der Waals surface area contributed by atoms with Gasteiger partial charge in [-0.1, -0.05) is 20.8 Å². The molecule has 4 nitrogen and oxygen atoms in total. The average molecular weight is 225 g/mol. The molecule has 2 N–H and O–H groups in total. The predicted molar refractivity (Wildman–Crippen MR) is 67.9 cm³/mol. The maximum Gasteiger partial charge on any atom is 0.290 e. The second kappa shape index (κ2) is 4.76. The van der Waals surface area contributed by atoms with Crippen LogP contribution in [0, 0.1) is 0 Å². The Morgan fingerprint density at radius 2 is 1.81 bits per heavy atom. The van der Waals surface area contributed by atoms with E-state index in [1.54, 1.807) is 4.68 Å². The number of aromatic nitrogens is 2. The Morgan fingerprint density at radius 1 is 1.25 bits per heavy atom. The molecule has 1 aromatic heterocycles. The Hall–Kier alpha value is -1.19. The summed E-state index contributed by atoms with van der Waals surface area (Å²) in [6, 6.07) is 0.197. The Balaban J connectivity index is 3.50. The van der Waals surface area contributed by atoms with Crippen LogP contribution < -0.4 is 11.3 Å². The third-order valence-electron chi connectivity index (χ3n) is 3.11. The summed E-state index contributed by atoms with van der Waals surface area (Å²) < 4.78 is 3.82. The van der Waals surface area contributed by atoms with Crippen molar-refractivity contribution in [2.45, 2.75) is 59.5 Å². The predicted octanol–water partition coefficient (Wildman–Crippen LogP) is 2.35. The molecule has 0 spiro atoms. The quantitative estimate of drug-likeness (QED) is 0.855. The Kier molecular flexibility index (Phi) is 3.83. The third kappa shape index (κ3) is 1.88. The minimum Gasteiger partial charge on any atom is -0.393 e. The normalized spacial score (nSPS) is 13.4. The minimum atomic E-state index is -0.0418. The molecule has 4 heteroatoms. The third-order valence-corrected chi connectivity index (χ3v) is 3.11. The van der Waals surface area contributed by atoms with Gasteiger partial charge in [0.05, 0.1) is 11.7 Å². The van der Waals surface area contributed by atoms with Gasteiger partial charge in [0, 0.05) is 6.54 Å². The number of nitrogens with two attached hydrogens (primary N) is 1. The van der Waals surface area contributed by atoms with E-state index in [0.717, 1.165) is 18.7 Å². The van der Waals surface area contributed by atoms with Crippen LogP contribution in [0.5, 0.6) is 0 Å². The molecule has 0 saturated carbocycles. The molecular weight excluding hydrogens is 202 g/mol. The molecule has 1 atom stereocenters. The first kappa shape index (κ1) is 12.9. The molecule has 1 unspecified atom stereocenters. The first-order chi connectivity index (χ1) is 7.45. The molecule has 0 aliphatic rings. The van der Waals surface area contributed by atoms with Crippen LogP contribution in [-0.2, 0) is 6.54 Å². The van der Waals surface area contributed by atoms with Crippen LogP contribution in [0.15, 0.2) is 4.79 Å². The molecule has 0 aromatic carbocycles. The van der Waals surface area contributed by atoms with Gasteiger partial charge in [0.1, 0.15) is 5.69 Å². The summed E-state index contributed by atoms with van der Waals surface area (Å²) in [5.74, 6) is 0.276. The molecular formula is C12H23N3O. The average Bonchev–Trinajstić information content (AvgIpc) is 2.50. The van der Waals surface area contributed by atoms with E-state index in [2.05, 4.69) is 27.7 Å². The summed E-state index contributed by atoms with van der Waals surface area (Å²) in [5.41, 5.74) is 7.26. The van der Waals surface area contributed by atoms with Gasteiger partial charge < -0.3 is 5.73 Å². The smallest absolute Gasteiger partial charge is 0.290 e. The van der Waals surface area contributed by atoms with Gasteiger partial charge in [-0.15, -0.1) is 0 Å². The van der Waals surface area contributed by atoms with Gasteiger partial charge in [-0.2, -0.15) is 0 Å². The highest BCUT2D eigenvalue weighted by molar-refractivity contribution is 5.43. The van der Waals surface area contributed by atoms with Crippen LogP contribution in [0.1, 0.15) is 58.7 Å². The van der Waals surface area contributed by atoms with Crippen molar-refractivity contribution in [1.82, 2.24) is 9.36 Å².